The molecule has 1 aliphatic rings. The lowest BCUT2D eigenvalue weighted by Gasteiger charge is -2.40. The molecule has 14 heavy (non-hydrogen) atoms. The van der Waals surface area contributed by atoms with Crippen LogP contribution in [-0.4, -0.2) is 31.8 Å². The molecule has 0 amide bonds. The van der Waals surface area contributed by atoms with Crippen molar-refractivity contribution in [1.82, 2.24) is 5.32 Å². The van der Waals surface area contributed by atoms with E-state index in [4.69, 9.17) is 16.9 Å². The minimum Gasteiger partial charge on any atom is -0.381 e. The zero-order valence-corrected chi connectivity index (χ0v) is 8.88. The van der Waals surface area contributed by atoms with Gasteiger partial charge in [0.15, 0.2) is 0 Å². The Morgan fingerprint density at radius 1 is 1.71 bits per heavy atom. The minimum absolute atomic E-state index is 0.00525. The van der Waals surface area contributed by atoms with Gasteiger partial charge in [-0.2, -0.15) is 0 Å². The molecule has 1 rings (SSSR count). The highest BCUT2D eigenvalue weighted by atomic mass is 16.5. The number of ether oxygens (including phenoxy) is 1. The van der Waals surface area contributed by atoms with Crippen LogP contribution in [0.15, 0.2) is 0 Å². The first-order valence-electron chi connectivity index (χ1n) is 5.18. The summed E-state index contributed by atoms with van der Waals surface area (Å²) < 4.78 is 5.38. The molecule has 0 spiro atoms. The molecule has 0 heterocycles. The summed E-state index contributed by atoms with van der Waals surface area (Å²) in [6.07, 6.45) is 9.94. The quantitative estimate of drug-likeness (QED) is 0.644. The Hall–Kier alpha value is -0.560. The van der Waals surface area contributed by atoms with E-state index in [-0.39, 0.29) is 5.54 Å². The fraction of sp³-hybridized carbons (Fsp3) is 0.818. The molecule has 0 radical (unpaired) electrons. The van der Waals surface area contributed by atoms with Crippen LogP contribution in [0.5, 0.6) is 0 Å². The highest BCUT2D eigenvalue weighted by molar-refractivity contribution is 4.99. The van der Waals surface area contributed by atoms with E-state index in [0.29, 0.717) is 19.2 Å². The first kappa shape index (κ1) is 11.5. The summed E-state index contributed by atoms with van der Waals surface area (Å²) in [5, 5.41) is 3.36. The van der Waals surface area contributed by atoms with E-state index in [2.05, 4.69) is 11.2 Å². The van der Waals surface area contributed by atoms with Crippen molar-refractivity contribution in [2.45, 2.75) is 37.3 Å². The molecule has 0 aliphatic heterocycles. The molecule has 80 valence electrons. The summed E-state index contributed by atoms with van der Waals surface area (Å²) >= 11 is 0. The van der Waals surface area contributed by atoms with Gasteiger partial charge in [0.2, 0.25) is 0 Å². The summed E-state index contributed by atoms with van der Waals surface area (Å²) in [6.45, 7) is 1.22. The Morgan fingerprint density at radius 2 is 2.50 bits per heavy atom. The molecule has 1 saturated carbocycles. The third-order valence-electron chi connectivity index (χ3n) is 3.09. The first-order chi connectivity index (χ1) is 6.76. The van der Waals surface area contributed by atoms with E-state index in [1.54, 1.807) is 7.11 Å². The highest BCUT2D eigenvalue weighted by Crippen LogP contribution is 2.28. The Morgan fingerprint density at radius 3 is 3.07 bits per heavy atom. The van der Waals surface area contributed by atoms with Crippen LogP contribution in [0.2, 0.25) is 0 Å². The number of methoxy groups -OCH3 is 1. The van der Waals surface area contributed by atoms with Crippen LogP contribution in [0.4, 0.5) is 0 Å². The monoisotopic (exact) mass is 196 g/mol. The Balaban J connectivity index is 2.54. The SMILES string of the molecule is C#CCNC1(CN)CCCC(OC)C1. The predicted molar refractivity (Wildman–Crippen MR) is 57.9 cm³/mol. The Bertz CT molecular complexity index is 212. The van der Waals surface area contributed by atoms with Crippen molar-refractivity contribution in [1.29, 1.82) is 0 Å². The zero-order chi connectivity index (χ0) is 10.4. The van der Waals surface area contributed by atoms with Crippen molar-refractivity contribution in [3.8, 4) is 12.3 Å². The molecule has 1 fully saturated rings. The van der Waals surface area contributed by atoms with E-state index >= 15 is 0 Å². The summed E-state index contributed by atoms with van der Waals surface area (Å²) in [4.78, 5) is 0. The van der Waals surface area contributed by atoms with E-state index in [1.807, 2.05) is 0 Å². The van der Waals surface area contributed by atoms with Gasteiger partial charge in [0.25, 0.3) is 0 Å². The summed E-state index contributed by atoms with van der Waals surface area (Å²) in [7, 11) is 1.76. The predicted octanol–water partition coefficient (Wildman–Crippen LogP) is 0.496. The van der Waals surface area contributed by atoms with Crippen LogP contribution in [0.3, 0.4) is 0 Å². The topological polar surface area (TPSA) is 47.3 Å². The summed E-state index contributed by atoms with van der Waals surface area (Å²) in [5.41, 5.74) is 5.81. The van der Waals surface area contributed by atoms with Crippen molar-refractivity contribution in [3.05, 3.63) is 0 Å². The second-order valence-electron chi connectivity index (χ2n) is 4.00. The fourth-order valence-corrected chi connectivity index (χ4v) is 2.17. The maximum atomic E-state index is 5.81. The fourth-order valence-electron chi connectivity index (χ4n) is 2.17. The second-order valence-corrected chi connectivity index (χ2v) is 4.00. The third kappa shape index (κ3) is 2.71. The lowest BCUT2D eigenvalue weighted by atomic mass is 9.80. The van der Waals surface area contributed by atoms with Crippen molar-refractivity contribution in [2.24, 2.45) is 5.73 Å². The van der Waals surface area contributed by atoms with Crippen molar-refractivity contribution in [2.75, 3.05) is 20.2 Å². The lowest BCUT2D eigenvalue weighted by molar-refractivity contribution is 0.0341. The van der Waals surface area contributed by atoms with Crippen molar-refractivity contribution < 1.29 is 4.74 Å². The molecule has 2 atom stereocenters. The highest BCUT2D eigenvalue weighted by Gasteiger charge is 2.34. The molecule has 0 aromatic rings. The molecule has 0 saturated heterocycles. The number of hydrogen-bond donors (Lipinski definition) is 2. The number of nitrogens with two attached hydrogens (primary N) is 1. The molecule has 3 nitrogen and oxygen atoms in total. The van der Waals surface area contributed by atoms with Gasteiger partial charge in [0.1, 0.15) is 0 Å². The van der Waals surface area contributed by atoms with Gasteiger partial charge >= 0.3 is 0 Å². The molecular formula is C11H20N2O. The number of nitrogens with one attached hydrogen (secondary N) is 1. The largest absolute Gasteiger partial charge is 0.381 e. The smallest absolute Gasteiger partial charge is 0.0589 e. The Kier molecular flexibility index (Phi) is 4.40. The zero-order valence-electron chi connectivity index (χ0n) is 8.88. The standard InChI is InChI=1S/C11H20N2O/c1-3-7-13-11(9-12)6-4-5-10(8-11)14-2/h1,10,13H,4-9,12H2,2H3. The average Bonchev–Trinajstić information content (AvgIpc) is 2.26. The molecule has 0 bridgehead atoms. The van der Waals surface area contributed by atoms with Gasteiger partial charge < -0.3 is 10.5 Å². The van der Waals surface area contributed by atoms with Crippen molar-refractivity contribution in [3.63, 3.8) is 0 Å². The van der Waals surface area contributed by atoms with Crippen LogP contribution in [0, 0.1) is 12.3 Å². The van der Waals surface area contributed by atoms with Crippen molar-refractivity contribution >= 4 is 0 Å². The van der Waals surface area contributed by atoms with Gasteiger partial charge in [-0.1, -0.05) is 5.92 Å². The van der Waals surface area contributed by atoms with Gasteiger partial charge in [-0.05, 0) is 25.7 Å². The second kappa shape index (κ2) is 5.35. The molecule has 0 aromatic carbocycles. The molecule has 2 unspecified atom stereocenters. The first-order valence-corrected chi connectivity index (χ1v) is 5.18. The van der Waals surface area contributed by atoms with Gasteiger partial charge in [-0.3, -0.25) is 5.32 Å². The van der Waals surface area contributed by atoms with Crippen LogP contribution in [0.25, 0.3) is 0 Å². The number of hydrogen-bond acceptors (Lipinski definition) is 3. The van der Waals surface area contributed by atoms with Crippen LogP contribution in [0.1, 0.15) is 25.7 Å². The molecule has 3 N–H and O–H groups in total. The number of rotatable bonds is 4. The summed E-state index contributed by atoms with van der Waals surface area (Å²) in [5.74, 6) is 2.60. The normalized spacial score (nSPS) is 32.5. The van der Waals surface area contributed by atoms with E-state index in [0.717, 1.165) is 25.7 Å². The van der Waals surface area contributed by atoms with Crippen LogP contribution >= 0.6 is 0 Å². The minimum atomic E-state index is 0.00525. The van der Waals surface area contributed by atoms with Crippen LogP contribution < -0.4 is 11.1 Å². The lowest BCUT2D eigenvalue weighted by Crippen LogP contribution is -2.55. The van der Waals surface area contributed by atoms with Gasteiger partial charge in [0, 0.05) is 19.2 Å². The van der Waals surface area contributed by atoms with Gasteiger partial charge in [0.05, 0.1) is 12.6 Å². The maximum absolute atomic E-state index is 5.81. The van der Waals surface area contributed by atoms with Gasteiger partial charge in [-0.25, -0.2) is 0 Å². The van der Waals surface area contributed by atoms with E-state index in [1.165, 1.54) is 0 Å². The maximum Gasteiger partial charge on any atom is 0.0589 e. The molecule has 3 heteroatoms. The van der Waals surface area contributed by atoms with E-state index in [9.17, 15) is 0 Å². The molecule has 0 aromatic heterocycles. The summed E-state index contributed by atoms with van der Waals surface area (Å²) in [6, 6.07) is 0. The molecular weight excluding hydrogens is 176 g/mol. The molecule has 1 aliphatic carbocycles. The third-order valence-corrected chi connectivity index (χ3v) is 3.09. The van der Waals surface area contributed by atoms with E-state index < -0.39 is 0 Å². The van der Waals surface area contributed by atoms with Crippen LogP contribution in [-0.2, 0) is 4.74 Å². The van der Waals surface area contributed by atoms with Gasteiger partial charge in [-0.15, -0.1) is 6.42 Å². The average molecular weight is 196 g/mol. The number of terminal acetylenes is 1. The Labute approximate surface area is 86.4 Å².